The van der Waals surface area contributed by atoms with Crippen LogP contribution in [0.5, 0.6) is 0 Å². The Kier molecular flexibility index (Phi) is 5.00. The van der Waals surface area contributed by atoms with Crippen molar-refractivity contribution in [3.63, 3.8) is 0 Å². The summed E-state index contributed by atoms with van der Waals surface area (Å²) in [7, 11) is 1.76. The predicted molar refractivity (Wildman–Crippen MR) is 80.4 cm³/mol. The first-order chi connectivity index (χ1) is 9.26. The van der Waals surface area contributed by atoms with Crippen molar-refractivity contribution in [1.82, 2.24) is 9.88 Å². The Morgan fingerprint density at radius 1 is 1.32 bits per heavy atom. The maximum Gasteiger partial charge on any atom is 0.0722 e. The molecule has 2 rings (SSSR count). The van der Waals surface area contributed by atoms with Crippen molar-refractivity contribution < 1.29 is 4.74 Å². The van der Waals surface area contributed by atoms with Gasteiger partial charge in [0.15, 0.2) is 0 Å². The van der Waals surface area contributed by atoms with E-state index in [1.165, 1.54) is 22.9 Å². The first kappa shape index (κ1) is 14.1. The zero-order valence-electron chi connectivity index (χ0n) is 12.1. The molecule has 0 fully saturated rings. The number of ether oxygens (including phenoxy) is 1. The lowest BCUT2D eigenvalue weighted by atomic mass is 10.1. The Hall–Kier alpha value is -1.32. The Morgan fingerprint density at radius 2 is 2.16 bits per heavy atom. The van der Waals surface area contributed by atoms with Gasteiger partial charge in [-0.1, -0.05) is 19.1 Å². The number of fused-ring (bicyclic) bond motifs is 1. The summed E-state index contributed by atoms with van der Waals surface area (Å²) in [4.78, 5) is 0. The number of nitrogens with one attached hydrogen (secondary N) is 1. The molecule has 0 spiro atoms. The Morgan fingerprint density at radius 3 is 2.89 bits per heavy atom. The van der Waals surface area contributed by atoms with Gasteiger partial charge in [0.2, 0.25) is 0 Å². The molecule has 0 bridgehead atoms. The smallest absolute Gasteiger partial charge is 0.0722 e. The molecule has 1 aromatic carbocycles. The Labute approximate surface area is 115 Å². The molecule has 1 heterocycles. The summed E-state index contributed by atoms with van der Waals surface area (Å²) in [5, 5.41) is 4.81. The average Bonchev–Trinajstić information content (AvgIpc) is 2.83. The third-order valence-electron chi connectivity index (χ3n) is 3.50. The minimum absolute atomic E-state index is 0.234. The number of hydrogen-bond acceptors (Lipinski definition) is 2. The van der Waals surface area contributed by atoms with Crippen LogP contribution in [0.25, 0.3) is 10.9 Å². The lowest BCUT2D eigenvalue weighted by Crippen LogP contribution is -2.14. The summed E-state index contributed by atoms with van der Waals surface area (Å²) < 4.78 is 7.62. The van der Waals surface area contributed by atoms with Crippen molar-refractivity contribution in [2.75, 3.05) is 13.7 Å². The van der Waals surface area contributed by atoms with Gasteiger partial charge < -0.3 is 14.6 Å². The van der Waals surface area contributed by atoms with E-state index < -0.39 is 0 Å². The summed E-state index contributed by atoms with van der Waals surface area (Å²) in [6, 6.07) is 8.73. The van der Waals surface area contributed by atoms with Crippen molar-refractivity contribution in [1.29, 1.82) is 0 Å². The molecule has 0 aliphatic heterocycles. The molecule has 1 N–H and O–H groups in total. The predicted octanol–water partition coefficient (Wildman–Crippen LogP) is 3.18. The van der Waals surface area contributed by atoms with E-state index in [0.717, 1.165) is 19.6 Å². The molecule has 1 unspecified atom stereocenters. The van der Waals surface area contributed by atoms with Crippen LogP contribution in [-0.4, -0.2) is 24.3 Å². The van der Waals surface area contributed by atoms with Crippen molar-refractivity contribution >= 4 is 10.9 Å². The van der Waals surface area contributed by atoms with E-state index in [-0.39, 0.29) is 6.10 Å². The molecular formula is C16H24N2O. The van der Waals surface area contributed by atoms with E-state index in [9.17, 15) is 0 Å². The van der Waals surface area contributed by atoms with Crippen molar-refractivity contribution in [3.8, 4) is 0 Å². The van der Waals surface area contributed by atoms with Crippen LogP contribution in [0, 0.1) is 0 Å². The molecule has 1 atom stereocenters. The number of aromatic nitrogens is 1. The minimum atomic E-state index is 0.234. The lowest BCUT2D eigenvalue weighted by Gasteiger charge is -2.12. The zero-order valence-corrected chi connectivity index (χ0v) is 12.1. The number of nitrogens with zero attached hydrogens (tertiary/aromatic N) is 1. The highest BCUT2D eigenvalue weighted by atomic mass is 16.5. The lowest BCUT2D eigenvalue weighted by molar-refractivity contribution is 0.104. The van der Waals surface area contributed by atoms with Gasteiger partial charge in [-0.3, -0.25) is 0 Å². The van der Waals surface area contributed by atoms with Crippen LogP contribution in [0.3, 0.4) is 0 Å². The van der Waals surface area contributed by atoms with Crippen LogP contribution in [0.2, 0.25) is 0 Å². The highest BCUT2D eigenvalue weighted by molar-refractivity contribution is 5.83. The Balaban J connectivity index is 2.21. The first-order valence-corrected chi connectivity index (χ1v) is 7.06. The SMILES string of the molecule is CCCNCc1cccc2c1ccn2CC(C)OC. The van der Waals surface area contributed by atoms with Crippen LogP contribution in [-0.2, 0) is 17.8 Å². The molecule has 0 amide bonds. The van der Waals surface area contributed by atoms with Gasteiger partial charge in [0, 0.05) is 37.3 Å². The monoisotopic (exact) mass is 260 g/mol. The molecule has 0 aliphatic rings. The van der Waals surface area contributed by atoms with E-state index in [1.54, 1.807) is 7.11 Å². The van der Waals surface area contributed by atoms with Gasteiger partial charge >= 0.3 is 0 Å². The zero-order chi connectivity index (χ0) is 13.7. The molecule has 0 saturated carbocycles. The maximum atomic E-state index is 5.35. The van der Waals surface area contributed by atoms with Crippen LogP contribution in [0.1, 0.15) is 25.8 Å². The van der Waals surface area contributed by atoms with Crippen LogP contribution < -0.4 is 5.32 Å². The normalized spacial score (nSPS) is 13.0. The fraction of sp³-hybridized carbons (Fsp3) is 0.500. The highest BCUT2D eigenvalue weighted by Crippen LogP contribution is 2.20. The fourth-order valence-corrected chi connectivity index (χ4v) is 2.35. The molecule has 1 aromatic heterocycles. The first-order valence-electron chi connectivity index (χ1n) is 7.06. The summed E-state index contributed by atoms with van der Waals surface area (Å²) in [6.45, 7) is 7.19. The van der Waals surface area contributed by atoms with Crippen molar-refractivity contribution in [2.45, 2.75) is 39.5 Å². The van der Waals surface area contributed by atoms with Gasteiger partial charge in [0.25, 0.3) is 0 Å². The number of methoxy groups -OCH3 is 1. The van der Waals surface area contributed by atoms with E-state index in [4.69, 9.17) is 4.74 Å². The van der Waals surface area contributed by atoms with Gasteiger partial charge in [-0.25, -0.2) is 0 Å². The molecule has 3 heteroatoms. The van der Waals surface area contributed by atoms with Crippen LogP contribution >= 0.6 is 0 Å². The largest absolute Gasteiger partial charge is 0.380 e. The maximum absolute atomic E-state index is 5.35. The van der Waals surface area contributed by atoms with Gasteiger partial charge in [-0.05, 0) is 37.6 Å². The Bertz CT molecular complexity index is 518. The van der Waals surface area contributed by atoms with Crippen LogP contribution in [0.4, 0.5) is 0 Å². The molecule has 0 saturated heterocycles. The van der Waals surface area contributed by atoms with Gasteiger partial charge in [-0.15, -0.1) is 0 Å². The third-order valence-corrected chi connectivity index (χ3v) is 3.50. The number of hydrogen-bond donors (Lipinski definition) is 1. The van der Waals surface area contributed by atoms with Crippen molar-refractivity contribution in [2.24, 2.45) is 0 Å². The number of rotatable bonds is 7. The topological polar surface area (TPSA) is 26.2 Å². The second kappa shape index (κ2) is 6.73. The van der Waals surface area contributed by atoms with Crippen molar-refractivity contribution in [3.05, 3.63) is 36.0 Å². The standard InChI is InChI=1S/C16H24N2O/c1-4-9-17-11-14-6-5-7-16-15(14)8-10-18(16)12-13(2)19-3/h5-8,10,13,17H,4,9,11-12H2,1-3H3. The van der Waals surface area contributed by atoms with E-state index in [0.29, 0.717) is 0 Å². The second-order valence-corrected chi connectivity index (χ2v) is 5.04. The highest BCUT2D eigenvalue weighted by Gasteiger charge is 2.07. The summed E-state index contributed by atoms with van der Waals surface area (Å²) in [5.41, 5.74) is 2.66. The quantitative estimate of drug-likeness (QED) is 0.774. The third kappa shape index (κ3) is 3.37. The number of benzene rings is 1. The molecule has 0 radical (unpaired) electrons. The minimum Gasteiger partial charge on any atom is -0.380 e. The van der Waals surface area contributed by atoms with Gasteiger partial charge in [-0.2, -0.15) is 0 Å². The summed E-state index contributed by atoms with van der Waals surface area (Å²) in [6.07, 6.45) is 3.56. The van der Waals surface area contributed by atoms with E-state index in [2.05, 4.69) is 54.2 Å². The molecule has 3 nitrogen and oxygen atoms in total. The molecular weight excluding hydrogens is 236 g/mol. The molecule has 19 heavy (non-hydrogen) atoms. The van der Waals surface area contributed by atoms with Gasteiger partial charge in [0.1, 0.15) is 0 Å². The van der Waals surface area contributed by atoms with E-state index >= 15 is 0 Å². The van der Waals surface area contributed by atoms with Crippen LogP contribution in [0.15, 0.2) is 30.5 Å². The second-order valence-electron chi connectivity index (χ2n) is 5.04. The summed E-state index contributed by atoms with van der Waals surface area (Å²) in [5.74, 6) is 0. The molecule has 104 valence electrons. The van der Waals surface area contributed by atoms with Gasteiger partial charge in [0.05, 0.1) is 6.10 Å². The fourth-order valence-electron chi connectivity index (χ4n) is 2.35. The average molecular weight is 260 g/mol. The molecule has 0 aliphatic carbocycles. The van der Waals surface area contributed by atoms with E-state index in [1.807, 2.05) is 0 Å². The summed E-state index contributed by atoms with van der Waals surface area (Å²) >= 11 is 0. The molecule has 2 aromatic rings.